The van der Waals surface area contributed by atoms with Crippen molar-refractivity contribution in [1.29, 1.82) is 0 Å². The van der Waals surface area contributed by atoms with Crippen LogP contribution in [0.4, 0.5) is 5.69 Å². The molecule has 0 fully saturated rings. The Labute approximate surface area is 91.6 Å². The van der Waals surface area contributed by atoms with E-state index in [9.17, 15) is 9.90 Å². The summed E-state index contributed by atoms with van der Waals surface area (Å²) in [7, 11) is 0. The number of aromatic carboxylic acids is 1. The van der Waals surface area contributed by atoms with Gasteiger partial charge in [-0.2, -0.15) is 0 Å². The van der Waals surface area contributed by atoms with E-state index < -0.39 is 5.97 Å². The molecule has 5 heteroatoms. The number of anilines is 1. The Hall–Kier alpha value is -2.43. The van der Waals surface area contributed by atoms with Gasteiger partial charge in [0, 0.05) is 5.56 Å². The maximum Gasteiger partial charge on any atom is 0.159 e. The van der Waals surface area contributed by atoms with Gasteiger partial charge in [-0.15, -0.1) is 0 Å². The van der Waals surface area contributed by atoms with Gasteiger partial charge in [0.05, 0.1) is 24.1 Å². The Morgan fingerprint density at radius 2 is 1.69 bits per heavy atom. The molecule has 1 aromatic heterocycles. The number of rotatable bonds is 2. The summed E-state index contributed by atoms with van der Waals surface area (Å²) in [5.41, 5.74) is 6.79. The van der Waals surface area contributed by atoms with Gasteiger partial charge in [0.2, 0.25) is 0 Å². The summed E-state index contributed by atoms with van der Waals surface area (Å²) in [5, 5.41) is 10.5. The third-order valence-electron chi connectivity index (χ3n) is 2.05. The fourth-order valence-electron chi connectivity index (χ4n) is 1.24. The van der Waals surface area contributed by atoms with Gasteiger partial charge in [-0.3, -0.25) is 0 Å². The fraction of sp³-hybridized carbons (Fsp3) is 0. The van der Waals surface area contributed by atoms with Crippen LogP contribution in [0.5, 0.6) is 0 Å². The van der Waals surface area contributed by atoms with Gasteiger partial charge >= 0.3 is 0 Å². The van der Waals surface area contributed by atoms with E-state index in [0.29, 0.717) is 11.5 Å². The van der Waals surface area contributed by atoms with Crippen molar-refractivity contribution in [2.45, 2.75) is 0 Å². The molecule has 0 amide bonds. The molecule has 0 atom stereocenters. The predicted molar refractivity (Wildman–Crippen MR) is 56.2 cm³/mol. The van der Waals surface area contributed by atoms with Gasteiger partial charge in [-0.1, -0.05) is 24.3 Å². The second-order valence-electron chi connectivity index (χ2n) is 3.20. The van der Waals surface area contributed by atoms with Gasteiger partial charge in [0.15, 0.2) is 5.82 Å². The van der Waals surface area contributed by atoms with Crippen LogP contribution in [0.2, 0.25) is 0 Å². The van der Waals surface area contributed by atoms with Crippen LogP contribution < -0.4 is 10.8 Å². The van der Waals surface area contributed by atoms with Crippen LogP contribution >= 0.6 is 0 Å². The smallest absolute Gasteiger partial charge is 0.159 e. The Morgan fingerprint density at radius 3 is 2.19 bits per heavy atom. The predicted octanol–water partition coefficient (Wildman–Crippen LogP) is 0.0893. The molecule has 80 valence electrons. The van der Waals surface area contributed by atoms with Crippen molar-refractivity contribution in [1.82, 2.24) is 9.97 Å². The zero-order valence-corrected chi connectivity index (χ0v) is 8.25. The first-order chi connectivity index (χ1) is 7.66. The highest BCUT2D eigenvalue weighted by molar-refractivity contribution is 5.86. The van der Waals surface area contributed by atoms with E-state index in [0.717, 1.165) is 5.56 Å². The molecule has 0 aliphatic carbocycles. The lowest BCUT2D eigenvalue weighted by atomic mass is 10.1. The fourth-order valence-corrected chi connectivity index (χ4v) is 1.24. The molecule has 16 heavy (non-hydrogen) atoms. The average molecular weight is 214 g/mol. The van der Waals surface area contributed by atoms with Crippen molar-refractivity contribution >= 4 is 11.7 Å². The molecule has 0 saturated carbocycles. The van der Waals surface area contributed by atoms with Crippen LogP contribution in [0.3, 0.4) is 0 Å². The van der Waals surface area contributed by atoms with E-state index in [-0.39, 0.29) is 5.56 Å². The first kappa shape index (κ1) is 10.1. The molecule has 0 spiro atoms. The van der Waals surface area contributed by atoms with Crippen molar-refractivity contribution in [3.63, 3.8) is 0 Å². The molecule has 2 rings (SSSR count). The van der Waals surface area contributed by atoms with E-state index in [1.54, 1.807) is 12.1 Å². The van der Waals surface area contributed by atoms with Crippen molar-refractivity contribution < 1.29 is 9.90 Å². The Balaban J connectivity index is 2.34. The first-order valence-corrected chi connectivity index (χ1v) is 4.56. The molecule has 0 bridgehead atoms. The van der Waals surface area contributed by atoms with Crippen LogP contribution in [0.15, 0.2) is 36.7 Å². The molecule has 2 N–H and O–H groups in total. The van der Waals surface area contributed by atoms with E-state index in [1.165, 1.54) is 24.5 Å². The highest BCUT2D eigenvalue weighted by Gasteiger charge is 2.00. The summed E-state index contributed by atoms with van der Waals surface area (Å²) in [5.74, 6) is -0.705. The molecule has 2 aromatic rings. The number of nitrogens with two attached hydrogens (primary N) is 1. The van der Waals surface area contributed by atoms with Gasteiger partial charge in [-0.05, 0) is 5.56 Å². The van der Waals surface area contributed by atoms with Crippen LogP contribution in [0.1, 0.15) is 10.4 Å². The first-order valence-electron chi connectivity index (χ1n) is 4.56. The molecule has 5 nitrogen and oxygen atoms in total. The van der Waals surface area contributed by atoms with Crippen LogP contribution in [-0.4, -0.2) is 15.9 Å². The standard InChI is InChI=1S/C11H9N3O2/c12-9-5-13-10(14-6-9)7-1-3-8(4-2-7)11(15)16/h1-6H,12H2,(H,15,16)/p-1. The van der Waals surface area contributed by atoms with Crippen LogP contribution in [-0.2, 0) is 0 Å². The molecule has 0 radical (unpaired) electrons. The zero-order valence-electron chi connectivity index (χ0n) is 8.25. The molecule has 1 heterocycles. The Kier molecular flexibility index (Phi) is 2.51. The second kappa shape index (κ2) is 3.98. The number of carbonyl (C=O) groups is 1. The molecule has 0 saturated heterocycles. The highest BCUT2D eigenvalue weighted by atomic mass is 16.4. The zero-order chi connectivity index (χ0) is 11.5. The van der Waals surface area contributed by atoms with Gasteiger partial charge < -0.3 is 15.6 Å². The van der Waals surface area contributed by atoms with Gasteiger partial charge in [-0.25, -0.2) is 9.97 Å². The second-order valence-corrected chi connectivity index (χ2v) is 3.20. The van der Waals surface area contributed by atoms with Crippen molar-refractivity contribution in [3.8, 4) is 11.4 Å². The van der Waals surface area contributed by atoms with Crippen molar-refractivity contribution in [3.05, 3.63) is 42.2 Å². The number of nitrogen functional groups attached to an aromatic ring is 1. The minimum Gasteiger partial charge on any atom is -0.545 e. The maximum atomic E-state index is 10.5. The van der Waals surface area contributed by atoms with Crippen LogP contribution in [0.25, 0.3) is 11.4 Å². The summed E-state index contributed by atoms with van der Waals surface area (Å²) in [6.07, 6.45) is 2.99. The topological polar surface area (TPSA) is 91.9 Å². The molecule has 0 aliphatic heterocycles. The lowest BCUT2D eigenvalue weighted by molar-refractivity contribution is -0.255. The minimum atomic E-state index is -1.20. The number of nitrogens with zero attached hydrogens (tertiary/aromatic N) is 2. The Morgan fingerprint density at radius 1 is 1.12 bits per heavy atom. The van der Waals surface area contributed by atoms with Crippen molar-refractivity contribution in [2.24, 2.45) is 0 Å². The van der Waals surface area contributed by atoms with Crippen LogP contribution in [0, 0.1) is 0 Å². The summed E-state index contributed by atoms with van der Waals surface area (Å²) in [4.78, 5) is 18.6. The van der Waals surface area contributed by atoms with Gasteiger partial charge in [0.1, 0.15) is 0 Å². The number of benzene rings is 1. The summed E-state index contributed by atoms with van der Waals surface area (Å²) >= 11 is 0. The SMILES string of the molecule is Nc1cnc(-c2ccc(C(=O)[O-])cc2)nc1. The quantitative estimate of drug-likeness (QED) is 0.764. The third kappa shape index (κ3) is 1.98. The maximum absolute atomic E-state index is 10.5. The number of carbonyl (C=O) groups excluding carboxylic acids is 1. The molecule has 1 aromatic carbocycles. The minimum absolute atomic E-state index is 0.124. The monoisotopic (exact) mass is 214 g/mol. The average Bonchev–Trinajstić information content (AvgIpc) is 2.30. The number of carboxylic acid groups (broad SMARTS) is 1. The Bertz CT molecular complexity index is 506. The van der Waals surface area contributed by atoms with E-state index >= 15 is 0 Å². The lowest BCUT2D eigenvalue weighted by Crippen LogP contribution is -2.21. The number of hydrogen-bond acceptors (Lipinski definition) is 5. The summed E-state index contributed by atoms with van der Waals surface area (Å²) in [6.45, 7) is 0. The molecular weight excluding hydrogens is 206 g/mol. The lowest BCUT2D eigenvalue weighted by Gasteiger charge is -2.03. The van der Waals surface area contributed by atoms with Gasteiger partial charge in [0.25, 0.3) is 0 Å². The third-order valence-corrected chi connectivity index (χ3v) is 2.05. The number of carboxylic acids is 1. The largest absolute Gasteiger partial charge is 0.545 e. The highest BCUT2D eigenvalue weighted by Crippen LogP contribution is 2.15. The van der Waals surface area contributed by atoms with E-state index in [2.05, 4.69) is 9.97 Å². The molecule has 0 unspecified atom stereocenters. The summed E-state index contributed by atoms with van der Waals surface area (Å²) in [6, 6.07) is 6.14. The molecule has 0 aliphatic rings. The number of hydrogen-bond donors (Lipinski definition) is 1. The molecular formula is C11H8N3O2-. The normalized spacial score (nSPS) is 10.0. The van der Waals surface area contributed by atoms with E-state index in [4.69, 9.17) is 5.73 Å². The summed E-state index contributed by atoms with van der Waals surface area (Å²) < 4.78 is 0. The van der Waals surface area contributed by atoms with Crippen molar-refractivity contribution in [2.75, 3.05) is 5.73 Å². The van der Waals surface area contributed by atoms with E-state index in [1.807, 2.05) is 0 Å². The number of aromatic nitrogens is 2.